The summed E-state index contributed by atoms with van der Waals surface area (Å²) in [6, 6.07) is 15.9. The third kappa shape index (κ3) is 24.6. The Balaban J connectivity index is -0.000000638. The van der Waals surface area contributed by atoms with E-state index in [1.807, 2.05) is 172 Å². The third-order valence-corrected chi connectivity index (χ3v) is 29.1. The molecule has 0 aliphatic heterocycles. The van der Waals surface area contributed by atoms with E-state index in [1.54, 1.807) is 13.7 Å². The SMILES string of the molecule is C.C.C.C.CCO[Si](C)(C)C.CCO[Si](C)(CCCP(=O)(C(=O)c1c(C)cc(C)cc1C)C(=O)c1c(C)cc(C)cc1C)OCC.CO[Si](C)(C)O[Si](C)(O)CCCP(=O)(C(=O)c1c(C)cc(C)cc1C)C(=O)c1c(C)cc(C)cc1C.Cl. The summed E-state index contributed by atoms with van der Waals surface area (Å²) in [7, 11) is -15.8. The van der Waals surface area contributed by atoms with Gasteiger partial charge in [-0.2, -0.15) is 0 Å². The standard InChI is InChI=1S/C28H41O5PSi.C27H41O6PSi2.C5H14OSi.4CH4.ClH/c1-10-32-35(9,33-11-2)14-12-13-34(31,27(29)25-21(5)15-19(3)16-22(25)6)28(30)26-23(7)17-20(4)18-24(26)8;1-18-14-20(3)24(21(4)15-18)26(28)34(30,12-11-13-36(10,31)33-35(8,9)32-7)27(29)25-22(5)16-19(2)17-23(25)6;1-5-6-7(2,3)4;;;;;/h15-18H,10-14H2,1-9H3;14-17,31H,11-13H2,1-10H3;5H2,1-4H3;4*1H4;1H. The van der Waals surface area contributed by atoms with Gasteiger partial charge in [-0.3, -0.25) is 19.2 Å². The lowest BCUT2D eigenvalue weighted by atomic mass is 10.0. The number of rotatable bonds is 25. The first kappa shape index (κ1) is 86.4. The number of carbonyl (C=O) groups is 4. The highest BCUT2D eigenvalue weighted by atomic mass is 35.5. The highest BCUT2D eigenvalue weighted by Gasteiger charge is 2.46. The van der Waals surface area contributed by atoms with E-state index in [0.717, 1.165) is 51.1 Å². The molecule has 0 aliphatic rings. The van der Waals surface area contributed by atoms with Gasteiger partial charge in [-0.1, -0.05) is 100 Å². The van der Waals surface area contributed by atoms with Gasteiger partial charge in [0.15, 0.2) is 8.32 Å². The van der Waals surface area contributed by atoms with Crippen LogP contribution in [0.3, 0.4) is 0 Å². The second kappa shape index (κ2) is 36.3. The summed E-state index contributed by atoms with van der Waals surface area (Å²) >= 11 is 0. The Hall–Kier alpha value is -3.06. The predicted octanol–water partition coefficient (Wildman–Crippen LogP) is 18.9. The summed E-state index contributed by atoms with van der Waals surface area (Å²) in [6.07, 6.45) is 0.542. The van der Waals surface area contributed by atoms with Crippen molar-refractivity contribution in [2.24, 2.45) is 0 Å². The molecule has 19 heteroatoms. The van der Waals surface area contributed by atoms with Crippen molar-refractivity contribution in [3.8, 4) is 0 Å². The van der Waals surface area contributed by atoms with E-state index in [2.05, 4.69) is 19.6 Å². The largest absolute Gasteiger partial charge is 0.418 e. The molecule has 0 saturated carbocycles. The first-order valence-electron chi connectivity index (χ1n) is 27.4. The first-order valence-corrected chi connectivity index (χ1v) is 42.5. The average molecular weight is 1280 g/mol. The van der Waals surface area contributed by atoms with Crippen molar-refractivity contribution >= 4 is 82.8 Å². The van der Waals surface area contributed by atoms with Crippen LogP contribution in [0.1, 0.15) is 172 Å². The molecule has 1 N–H and O–H groups in total. The van der Waals surface area contributed by atoms with Crippen molar-refractivity contribution in [2.75, 3.05) is 39.3 Å². The Labute approximate surface area is 515 Å². The average Bonchev–Trinajstić information content (AvgIpc) is 3.27. The van der Waals surface area contributed by atoms with Crippen LogP contribution in [0.15, 0.2) is 48.5 Å². The molecule has 0 spiro atoms. The van der Waals surface area contributed by atoms with Crippen LogP contribution in [0.4, 0.5) is 0 Å². The lowest BCUT2D eigenvalue weighted by molar-refractivity contribution is 0.102. The van der Waals surface area contributed by atoms with Gasteiger partial charge in [0.25, 0.3) is 0 Å². The molecule has 0 saturated heterocycles. The van der Waals surface area contributed by atoms with Crippen LogP contribution in [0.25, 0.3) is 0 Å². The molecule has 0 bridgehead atoms. The topological polar surface area (TPSA) is 169 Å². The molecule has 1 unspecified atom stereocenters. The Bertz CT molecular complexity index is 2650. The van der Waals surface area contributed by atoms with Crippen molar-refractivity contribution < 1.29 is 54.9 Å². The van der Waals surface area contributed by atoms with Crippen LogP contribution in [0.2, 0.25) is 57.9 Å². The van der Waals surface area contributed by atoms with Crippen molar-refractivity contribution in [1.82, 2.24) is 0 Å². The summed E-state index contributed by atoms with van der Waals surface area (Å²) in [6.45, 7) is 44.2. The monoisotopic (exact) mass is 1280 g/mol. The normalized spacial score (nSPS) is 12.2. The Morgan fingerprint density at radius 1 is 0.434 bits per heavy atom. The molecule has 0 radical (unpaired) electrons. The molecule has 0 fully saturated rings. The van der Waals surface area contributed by atoms with Gasteiger partial charge in [0.05, 0.1) is 0 Å². The predicted molar refractivity (Wildman–Crippen MR) is 367 cm³/mol. The zero-order valence-corrected chi connectivity index (χ0v) is 58.8. The van der Waals surface area contributed by atoms with E-state index < -0.39 is 70.4 Å². The van der Waals surface area contributed by atoms with Gasteiger partial charge in [-0.15, -0.1) is 12.4 Å². The van der Waals surface area contributed by atoms with Gasteiger partial charge in [-0.05, 0) is 219 Å². The number of hydrogen-bond donors (Lipinski definition) is 1. The van der Waals surface area contributed by atoms with Crippen molar-refractivity contribution in [3.63, 3.8) is 0 Å². The number of hydrogen-bond acceptors (Lipinski definition) is 12. The van der Waals surface area contributed by atoms with Crippen molar-refractivity contribution in [3.05, 3.63) is 138 Å². The van der Waals surface area contributed by atoms with Crippen LogP contribution < -0.4 is 0 Å². The fourth-order valence-corrected chi connectivity index (χ4v) is 25.4. The summed E-state index contributed by atoms with van der Waals surface area (Å²) in [5.74, 6) is 0. The summed E-state index contributed by atoms with van der Waals surface area (Å²) in [4.78, 5) is 66.9. The molecule has 0 amide bonds. The lowest BCUT2D eigenvalue weighted by Gasteiger charge is -2.30. The first-order chi connectivity index (χ1) is 35.8. The van der Waals surface area contributed by atoms with Crippen LogP contribution in [-0.2, 0) is 30.9 Å². The van der Waals surface area contributed by atoms with Crippen LogP contribution >= 0.6 is 26.7 Å². The van der Waals surface area contributed by atoms with Crippen LogP contribution in [0, 0.1) is 83.1 Å². The number of aryl methyl sites for hydroxylation is 12. The molecule has 0 heterocycles. The van der Waals surface area contributed by atoms with Gasteiger partial charge < -0.3 is 35.7 Å². The highest BCUT2D eigenvalue weighted by molar-refractivity contribution is 7.95. The summed E-state index contributed by atoms with van der Waals surface area (Å²) < 4.78 is 57.8. The molecular weight excluding hydrogens is 1170 g/mol. The molecule has 0 aromatic heterocycles. The van der Waals surface area contributed by atoms with Crippen molar-refractivity contribution in [2.45, 2.75) is 204 Å². The Morgan fingerprint density at radius 3 is 0.855 bits per heavy atom. The molecule has 0 aliphatic carbocycles. The maximum atomic E-state index is 14.6. The molecule has 4 aromatic carbocycles. The highest BCUT2D eigenvalue weighted by Crippen LogP contribution is 2.56. The molecular formula is C64H113ClO12P2Si4. The molecule has 4 rings (SSSR count). The summed E-state index contributed by atoms with van der Waals surface area (Å²) in [5, 5.41) is 0. The Kier molecular flexibility index (Phi) is 37.8. The minimum absolute atomic E-state index is 0. The number of benzene rings is 4. The van der Waals surface area contributed by atoms with E-state index in [1.165, 1.54) is 0 Å². The van der Waals surface area contributed by atoms with Gasteiger partial charge in [0.1, 0.15) is 0 Å². The maximum absolute atomic E-state index is 14.6. The minimum atomic E-state index is -4.07. The number of carbonyl (C=O) groups excluding carboxylic acids is 4. The van der Waals surface area contributed by atoms with Gasteiger partial charge in [0.2, 0.25) is 36.4 Å². The van der Waals surface area contributed by atoms with E-state index in [4.69, 9.17) is 21.8 Å². The molecule has 12 nitrogen and oxygen atoms in total. The molecule has 83 heavy (non-hydrogen) atoms. The third-order valence-electron chi connectivity index (χ3n) is 13.5. The van der Waals surface area contributed by atoms with E-state index in [9.17, 15) is 33.1 Å². The summed E-state index contributed by atoms with van der Waals surface area (Å²) in [5.41, 5.74) is 9.14. The van der Waals surface area contributed by atoms with Gasteiger partial charge in [0, 0.05) is 61.5 Å². The number of halogens is 1. The Morgan fingerprint density at radius 2 is 0.663 bits per heavy atom. The second-order valence-corrected chi connectivity index (χ2v) is 43.1. The quantitative estimate of drug-likeness (QED) is 0.0493. The molecule has 4 aromatic rings. The zero-order valence-electron chi connectivity index (χ0n) is 52.2. The lowest BCUT2D eigenvalue weighted by Crippen LogP contribution is -2.48. The smallest absolute Gasteiger partial charge is 0.334 e. The minimum Gasteiger partial charge on any atom is -0.418 e. The maximum Gasteiger partial charge on any atom is 0.334 e. The van der Waals surface area contributed by atoms with Crippen molar-refractivity contribution in [1.29, 1.82) is 0 Å². The van der Waals surface area contributed by atoms with E-state index in [0.29, 0.717) is 70.2 Å². The van der Waals surface area contributed by atoms with Gasteiger partial charge >= 0.3 is 25.7 Å². The van der Waals surface area contributed by atoms with Crippen LogP contribution in [-0.4, -0.2) is 100 Å². The van der Waals surface area contributed by atoms with E-state index in [-0.39, 0.29) is 66.9 Å². The van der Waals surface area contributed by atoms with Gasteiger partial charge in [-0.25, -0.2) is 0 Å². The molecule has 1 atom stereocenters. The van der Waals surface area contributed by atoms with Crippen LogP contribution in [0.5, 0.6) is 0 Å². The second-order valence-electron chi connectivity index (χ2n) is 22.9. The fourth-order valence-electron chi connectivity index (χ4n) is 10.5. The fraction of sp³-hybridized carbons (Fsp3) is 0.562. The zero-order chi connectivity index (χ0) is 60.1. The van der Waals surface area contributed by atoms with E-state index >= 15 is 0 Å². The molecule has 474 valence electrons.